The number of hydrogen-bond acceptors (Lipinski definition) is 6. The lowest BCUT2D eigenvalue weighted by atomic mass is 9.84. The Morgan fingerprint density at radius 2 is 2.42 bits per heavy atom. The number of ether oxygens (including phenoxy) is 1. The fraction of sp³-hybridized carbons (Fsp3) is 0.529. The van der Waals surface area contributed by atoms with E-state index in [-0.39, 0.29) is 17.8 Å². The van der Waals surface area contributed by atoms with E-state index in [1.165, 1.54) is 17.5 Å². The number of carbonyl (C=O) groups is 1. The van der Waals surface area contributed by atoms with Gasteiger partial charge in [0.1, 0.15) is 0 Å². The van der Waals surface area contributed by atoms with E-state index in [4.69, 9.17) is 9.26 Å². The van der Waals surface area contributed by atoms with Crippen LogP contribution in [0.1, 0.15) is 21.9 Å². The minimum atomic E-state index is -0.231. The van der Waals surface area contributed by atoms with Crippen molar-refractivity contribution in [1.82, 2.24) is 15.4 Å². The average Bonchev–Trinajstić information content (AvgIpc) is 3.34. The number of nitrogens with zero attached hydrogens (tertiary/aromatic N) is 2. The maximum atomic E-state index is 12.0. The molecule has 0 aromatic carbocycles. The molecule has 2 aromatic heterocycles. The zero-order chi connectivity index (χ0) is 16.4. The van der Waals surface area contributed by atoms with E-state index < -0.39 is 0 Å². The van der Waals surface area contributed by atoms with E-state index in [0.29, 0.717) is 18.4 Å². The van der Waals surface area contributed by atoms with Gasteiger partial charge in [-0.25, -0.2) is 0 Å². The number of likely N-dealkylation sites (tertiary alicyclic amines) is 1. The average molecular weight is 347 g/mol. The maximum absolute atomic E-state index is 12.0. The van der Waals surface area contributed by atoms with E-state index in [0.717, 1.165) is 26.2 Å². The summed E-state index contributed by atoms with van der Waals surface area (Å²) in [5.41, 5.74) is 0. The van der Waals surface area contributed by atoms with Gasteiger partial charge in [-0.1, -0.05) is 11.2 Å². The molecule has 0 aliphatic carbocycles. The minimum Gasteiger partial charge on any atom is -0.376 e. The first-order valence-corrected chi connectivity index (χ1v) is 9.23. The van der Waals surface area contributed by atoms with Gasteiger partial charge in [0.15, 0.2) is 0 Å². The Morgan fingerprint density at radius 1 is 1.46 bits per heavy atom. The third-order valence-corrected chi connectivity index (χ3v) is 5.84. The predicted molar refractivity (Wildman–Crippen MR) is 89.8 cm³/mol. The van der Waals surface area contributed by atoms with Crippen LogP contribution in [0.15, 0.2) is 34.3 Å². The third kappa shape index (κ3) is 3.38. The number of nitrogens with one attached hydrogen (secondary N) is 1. The fourth-order valence-corrected chi connectivity index (χ4v) is 4.44. The van der Waals surface area contributed by atoms with Crippen molar-refractivity contribution in [2.75, 3.05) is 26.2 Å². The molecule has 128 valence electrons. The van der Waals surface area contributed by atoms with Gasteiger partial charge in [0.2, 0.25) is 5.76 Å². The number of piperidine rings is 1. The van der Waals surface area contributed by atoms with E-state index in [1.54, 1.807) is 6.07 Å². The largest absolute Gasteiger partial charge is 0.376 e. The standard InChI is InChI=1S/C17H21N3O3S/c21-17(15-3-5-19-23-15)18-8-16-14-10-20(6-4-12(14)11-22-16)9-13-2-1-7-24-13/h1-3,5,7,12,14,16H,4,6,8-11H2,(H,18,21)/t12-,14-,16+/m0/s1. The molecule has 0 bridgehead atoms. The summed E-state index contributed by atoms with van der Waals surface area (Å²) in [7, 11) is 0. The Kier molecular flexibility index (Phi) is 4.64. The highest BCUT2D eigenvalue weighted by Gasteiger charge is 2.40. The highest BCUT2D eigenvalue weighted by atomic mass is 32.1. The van der Waals surface area contributed by atoms with Crippen molar-refractivity contribution < 1.29 is 14.1 Å². The van der Waals surface area contributed by atoms with Gasteiger partial charge in [0.25, 0.3) is 5.91 Å². The molecule has 0 spiro atoms. The van der Waals surface area contributed by atoms with Crippen LogP contribution in [0.5, 0.6) is 0 Å². The molecule has 2 fully saturated rings. The van der Waals surface area contributed by atoms with Gasteiger partial charge in [0, 0.05) is 36.5 Å². The van der Waals surface area contributed by atoms with Crippen LogP contribution in [-0.4, -0.2) is 48.3 Å². The second-order valence-electron chi connectivity index (χ2n) is 6.49. The molecule has 2 aliphatic rings. The lowest BCUT2D eigenvalue weighted by molar-refractivity contribution is 0.0666. The number of fused-ring (bicyclic) bond motifs is 1. The smallest absolute Gasteiger partial charge is 0.289 e. The summed E-state index contributed by atoms with van der Waals surface area (Å²) in [6, 6.07) is 5.86. The highest BCUT2D eigenvalue weighted by molar-refractivity contribution is 7.09. The number of thiophene rings is 1. The first kappa shape index (κ1) is 15.8. The van der Waals surface area contributed by atoms with Crippen molar-refractivity contribution in [1.29, 1.82) is 0 Å². The minimum absolute atomic E-state index is 0.0769. The van der Waals surface area contributed by atoms with E-state index in [2.05, 4.69) is 32.9 Å². The molecule has 0 unspecified atom stereocenters. The monoisotopic (exact) mass is 347 g/mol. The lowest BCUT2D eigenvalue weighted by Crippen LogP contribution is -2.44. The summed E-state index contributed by atoms with van der Waals surface area (Å²) in [6.07, 6.45) is 2.72. The molecule has 2 saturated heterocycles. The summed E-state index contributed by atoms with van der Waals surface area (Å²) in [5.74, 6) is 1.10. The Bertz CT molecular complexity index is 659. The summed E-state index contributed by atoms with van der Waals surface area (Å²) in [6.45, 7) is 4.50. The first-order chi connectivity index (χ1) is 11.8. The topological polar surface area (TPSA) is 67.6 Å². The summed E-state index contributed by atoms with van der Waals surface area (Å²) in [4.78, 5) is 15.9. The van der Waals surface area contributed by atoms with Crippen molar-refractivity contribution in [2.24, 2.45) is 11.8 Å². The second-order valence-corrected chi connectivity index (χ2v) is 7.52. The summed E-state index contributed by atoms with van der Waals surface area (Å²) >= 11 is 1.81. The number of carbonyl (C=O) groups excluding carboxylic acids is 1. The molecule has 3 atom stereocenters. The van der Waals surface area contributed by atoms with Crippen LogP contribution >= 0.6 is 11.3 Å². The maximum Gasteiger partial charge on any atom is 0.289 e. The number of hydrogen-bond donors (Lipinski definition) is 1. The molecule has 0 saturated carbocycles. The first-order valence-electron chi connectivity index (χ1n) is 8.35. The number of aromatic nitrogens is 1. The van der Waals surface area contributed by atoms with Gasteiger partial charge in [-0.3, -0.25) is 9.69 Å². The van der Waals surface area contributed by atoms with Crippen LogP contribution in [0, 0.1) is 11.8 Å². The van der Waals surface area contributed by atoms with E-state index in [9.17, 15) is 4.79 Å². The molecule has 1 amide bonds. The lowest BCUT2D eigenvalue weighted by Gasteiger charge is -2.35. The van der Waals surface area contributed by atoms with Crippen molar-refractivity contribution in [3.8, 4) is 0 Å². The molecular formula is C17H21N3O3S. The molecule has 1 N–H and O–H groups in total. The van der Waals surface area contributed by atoms with E-state index >= 15 is 0 Å². The predicted octanol–water partition coefficient (Wildman–Crippen LogP) is 2.00. The fourth-order valence-electron chi connectivity index (χ4n) is 3.69. The zero-order valence-electron chi connectivity index (χ0n) is 13.4. The molecule has 7 heteroatoms. The van der Waals surface area contributed by atoms with Crippen molar-refractivity contribution in [2.45, 2.75) is 19.1 Å². The van der Waals surface area contributed by atoms with Crippen LogP contribution in [-0.2, 0) is 11.3 Å². The second kappa shape index (κ2) is 7.04. The number of amides is 1. The summed E-state index contributed by atoms with van der Waals surface area (Å²) in [5, 5.41) is 8.60. The number of rotatable bonds is 5. The normalized spacial score (nSPS) is 27.1. The van der Waals surface area contributed by atoms with Crippen LogP contribution in [0.25, 0.3) is 0 Å². The highest BCUT2D eigenvalue weighted by Crippen LogP contribution is 2.34. The summed E-state index contributed by atoms with van der Waals surface area (Å²) < 4.78 is 10.8. The molecule has 4 rings (SSSR count). The van der Waals surface area contributed by atoms with Crippen molar-refractivity contribution >= 4 is 17.2 Å². The molecule has 4 heterocycles. The molecule has 24 heavy (non-hydrogen) atoms. The van der Waals surface area contributed by atoms with Gasteiger partial charge >= 0.3 is 0 Å². The van der Waals surface area contributed by atoms with Crippen LogP contribution in [0.3, 0.4) is 0 Å². The van der Waals surface area contributed by atoms with E-state index in [1.807, 2.05) is 11.3 Å². The van der Waals surface area contributed by atoms with Gasteiger partial charge in [-0.05, 0) is 30.3 Å². The third-order valence-electron chi connectivity index (χ3n) is 4.98. The quantitative estimate of drug-likeness (QED) is 0.896. The molecule has 6 nitrogen and oxygen atoms in total. The van der Waals surface area contributed by atoms with Crippen LogP contribution < -0.4 is 5.32 Å². The Hall–Kier alpha value is -1.70. The zero-order valence-corrected chi connectivity index (χ0v) is 14.2. The Balaban J connectivity index is 1.32. The van der Waals surface area contributed by atoms with Crippen LogP contribution in [0.4, 0.5) is 0 Å². The Labute approximate surface area is 144 Å². The molecule has 2 aliphatic heterocycles. The van der Waals surface area contributed by atoms with Crippen molar-refractivity contribution in [3.63, 3.8) is 0 Å². The SMILES string of the molecule is O=C(NC[C@H]1OC[C@@H]2CCN(Cc3cccs3)C[C@@H]21)c1ccno1. The molecule has 2 aromatic rings. The molecular weight excluding hydrogens is 326 g/mol. The van der Waals surface area contributed by atoms with Gasteiger partial charge in [0.05, 0.1) is 18.9 Å². The Morgan fingerprint density at radius 3 is 3.21 bits per heavy atom. The van der Waals surface area contributed by atoms with Gasteiger partial charge in [-0.2, -0.15) is 0 Å². The van der Waals surface area contributed by atoms with Gasteiger partial charge in [-0.15, -0.1) is 11.3 Å². The van der Waals surface area contributed by atoms with Gasteiger partial charge < -0.3 is 14.6 Å². The molecule has 0 radical (unpaired) electrons. The van der Waals surface area contributed by atoms with Crippen molar-refractivity contribution in [3.05, 3.63) is 40.4 Å². The van der Waals surface area contributed by atoms with Crippen LogP contribution in [0.2, 0.25) is 0 Å².